The molecule has 0 saturated heterocycles. The van der Waals surface area contributed by atoms with E-state index >= 15 is 0 Å². The predicted octanol–water partition coefficient (Wildman–Crippen LogP) is 6.47. The van der Waals surface area contributed by atoms with E-state index in [1.807, 2.05) is 63.2 Å². The number of fused-ring (bicyclic) bond motifs is 1. The molecule has 1 heterocycles. The summed E-state index contributed by atoms with van der Waals surface area (Å²) in [4.78, 5) is 42.3. The third-order valence-corrected chi connectivity index (χ3v) is 7.91. The number of likely N-dealkylation sites (N-methyl/N-ethyl adjacent to an activating group) is 1. The molecule has 222 valence electrons. The van der Waals surface area contributed by atoms with Crippen LogP contribution in [0, 0.1) is 6.92 Å². The van der Waals surface area contributed by atoms with Gasteiger partial charge in [0.1, 0.15) is 11.8 Å². The Labute approximate surface area is 245 Å². The van der Waals surface area contributed by atoms with Crippen LogP contribution in [0.3, 0.4) is 0 Å². The van der Waals surface area contributed by atoms with Gasteiger partial charge in [-0.3, -0.25) is 19.0 Å². The Morgan fingerprint density at radius 2 is 1.61 bits per heavy atom. The van der Waals surface area contributed by atoms with E-state index < -0.39 is 6.04 Å². The monoisotopic (exact) mass is 561 g/mol. The van der Waals surface area contributed by atoms with Gasteiger partial charge >= 0.3 is 0 Å². The van der Waals surface area contributed by atoms with Crippen molar-refractivity contribution in [1.82, 2.24) is 14.8 Å². The number of methoxy groups -OCH3 is 1. The van der Waals surface area contributed by atoms with Crippen LogP contribution >= 0.6 is 0 Å². The number of ether oxygens (including phenoxy) is 1. The van der Waals surface area contributed by atoms with Crippen LogP contribution in [0.15, 0.2) is 42.5 Å². The fraction of sp³-hybridized carbons (Fsp3) is 0.500. The number of aryl methyl sites for hydroxylation is 1. The first-order chi connectivity index (χ1) is 19.8. The molecule has 1 aromatic heterocycles. The molecule has 7 nitrogen and oxygen atoms in total. The molecule has 2 amide bonds. The summed E-state index contributed by atoms with van der Waals surface area (Å²) in [5.41, 5.74) is 4.00. The van der Waals surface area contributed by atoms with Crippen molar-refractivity contribution >= 4 is 28.6 Å². The summed E-state index contributed by atoms with van der Waals surface area (Å²) in [6, 6.07) is 12.8. The molecule has 0 spiro atoms. The summed E-state index contributed by atoms with van der Waals surface area (Å²) in [5.74, 6) is 0.237. The van der Waals surface area contributed by atoms with E-state index in [2.05, 4.69) is 19.2 Å². The van der Waals surface area contributed by atoms with Gasteiger partial charge in [-0.2, -0.15) is 0 Å². The molecule has 0 bridgehead atoms. The highest BCUT2D eigenvalue weighted by molar-refractivity contribution is 6.05. The number of nitrogens with zero attached hydrogens (tertiary/aromatic N) is 2. The fourth-order valence-corrected chi connectivity index (χ4v) is 5.42. The molecule has 1 atom stereocenters. The van der Waals surface area contributed by atoms with Crippen molar-refractivity contribution in [1.29, 1.82) is 0 Å². The van der Waals surface area contributed by atoms with Gasteiger partial charge in [-0.15, -0.1) is 0 Å². The molecular formula is C34H47N3O4. The van der Waals surface area contributed by atoms with Gasteiger partial charge in [0, 0.05) is 29.7 Å². The van der Waals surface area contributed by atoms with Crippen molar-refractivity contribution in [3.8, 4) is 5.75 Å². The number of carbonyl (C=O) groups is 3. The number of hydrogen-bond acceptors (Lipinski definition) is 4. The summed E-state index contributed by atoms with van der Waals surface area (Å²) >= 11 is 0. The average molecular weight is 562 g/mol. The highest BCUT2D eigenvalue weighted by Crippen LogP contribution is 2.31. The molecule has 2 aromatic carbocycles. The van der Waals surface area contributed by atoms with E-state index in [0.717, 1.165) is 55.0 Å². The van der Waals surface area contributed by atoms with Crippen LogP contribution in [0.2, 0.25) is 0 Å². The maximum atomic E-state index is 13.8. The second-order valence-electron chi connectivity index (χ2n) is 10.7. The van der Waals surface area contributed by atoms with Crippen LogP contribution in [0.25, 0.3) is 10.9 Å². The lowest BCUT2D eigenvalue weighted by Crippen LogP contribution is -2.49. The van der Waals surface area contributed by atoms with Crippen molar-refractivity contribution in [2.45, 2.75) is 92.0 Å². The van der Waals surface area contributed by atoms with E-state index in [4.69, 9.17) is 4.74 Å². The van der Waals surface area contributed by atoms with Gasteiger partial charge in [-0.1, -0.05) is 51.7 Å². The lowest BCUT2D eigenvalue weighted by molar-refractivity contribution is -0.136. The number of carbonyl (C=O) groups excluding carboxylic acids is 3. The number of benzene rings is 2. The normalized spacial score (nSPS) is 11.9. The lowest BCUT2D eigenvalue weighted by atomic mass is 10.0. The van der Waals surface area contributed by atoms with Crippen LogP contribution in [0.1, 0.15) is 93.4 Å². The number of unbranched alkanes of at least 4 members (excludes halogenated alkanes) is 3. The highest BCUT2D eigenvalue weighted by atomic mass is 16.5. The number of hydrogen-bond donors (Lipinski definition) is 1. The molecular weight excluding hydrogens is 514 g/mol. The van der Waals surface area contributed by atoms with Gasteiger partial charge in [0.2, 0.25) is 11.8 Å². The Balaban J connectivity index is 1.94. The smallest absolute Gasteiger partial charge is 0.262 e. The quantitative estimate of drug-likeness (QED) is 0.216. The average Bonchev–Trinajstić information content (AvgIpc) is 3.25. The summed E-state index contributed by atoms with van der Waals surface area (Å²) in [5, 5.41) is 3.83. The highest BCUT2D eigenvalue weighted by Gasteiger charge is 2.26. The van der Waals surface area contributed by atoms with E-state index in [1.165, 1.54) is 5.56 Å². The molecule has 1 N–H and O–H groups in total. The second-order valence-corrected chi connectivity index (χ2v) is 10.7. The third-order valence-electron chi connectivity index (χ3n) is 7.91. The van der Waals surface area contributed by atoms with Gasteiger partial charge in [0.25, 0.3) is 5.91 Å². The van der Waals surface area contributed by atoms with Crippen molar-refractivity contribution in [2.24, 2.45) is 0 Å². The lowest BCUT2D eigenvalue weighted by Gasteiger charge is -2.26. The van der Waals surface area contributed by atoms with Crippen LogP contribution in [-0.4, -0.2) is 53.4 Å². The molecule has 3 rings (SSSR count). The molecule has 0 radical (unpaired) electrons. The van der Waals surface area contributed by atoms with Gasteiger partial charge in [-0.05, 0) is 81.5 Å². The van der Waals surface area contributed by atoms with Crippen molar-refractivity contribution in [3.63, 3.8) is 0 Å². The van der Waals surface area contributed by atoms with Gasteiger partial charge in [0.15, 0.2) is 0 Å². The standard InChI is InChI=1S/C34H47N3O4/c1-7-11-13-15-30(34(40)36(9-3)10-4)35-32(38)23-28-24(5)37(31-21-20-27(41-6)22-29(28)31)33(39)26-18-16-25(17-19-26)14-12-8-2/h16-22,30H,7-15,23H2,1-6H3,(H,35,38). The molecule has 0 fully saturated rings. The van der Waals surface area contributed by atoms with Crippen molar-refractivity contribution in [2.75, 3.05) is 20.2 Å². The first-order valence-corrected chi connectivity index (χ1v) is 15.2. The third kappa shape index (κ3) is 7.78. The zero-order valence-electron chi connectivity index (χ0n) is 25.7. The first kappa shape index (κ1) is 31.9. The van der Waals surface area contributed by atoms with Crippen LogP contribution in [-0.2, 0) is 22.4 Å². The van der Waals surface area contributed by atoms with Gasteiger partial charge in [-0.25, -0.2) is 0 Å². The minimum absolute atomic E-state index is 0.0437. The number of rotatable bonds is 15. The Hall–Kier alpha value is -3.61. The first-order valence-electron chi connectivity index (χ1n) is 15.2. The van der Waals surface area contributed by atoms with E-state index in [1.54, 1.807) is 16.6 Å². The number of nitrogens with one attached hydrogen (secondary N) is 1. The molecule has 7 heteroatoms. The number of aromatic nitrogens is 1. The summed E-state index contributed by atoms with van der Waals surface area (Å²) in [6.45, 7) is 11.3. The van der Waals surface area contributed by atoms with E-state index in [-0.39, 0.29) is 24.1 Å². The maximum Gasteiger partial charge on any atom is 0.262 e. The molecule has 0 aliphatic carbocycles. The summed E-state index contributed by atoms with van der Waals surface area (Å²) in [7, 11) is 1.60. The van der Waals surface area contributed by atoms with E-state index in [0.29, 0.717) is 36.5 Å². The largest absolute Gasteiger partial charge is 0.497 e. The summed E-state index contributed by atoms with van der Waals surface area (Å²) < 4.78 is 7.17. The Bertz CT molecular complexity index is 1320. The second kappa shape index (κ2) is 15.4. The number of amides is 2. The van der Waals surface area contributed by atoms with Crippen LogP contribution in [0.5, 0.6) is 5.75 Å². The minimum atomic E-state index is -0.565. The van der Waals surface area contributed by atoms with E-state index in [9.17, 15) is 14.4 Å². The molecule has 0 aliphatic heterocycles. The predicted molar refractivity (Wildman–Crippen MR) is 166 cm³/mol. The Morgan fingerprint density at radius 1 is 0.927 bits per heavy atom. The molecule has 0 saturated carbocycles. The Morgan fingerprint density at radius 3 is 2.22 bits per heavy atom. The molecule has 41 heavy (non-hydrogen) atoms. The van der Waals surface area contributed by atoms with Crippen molar-refractivity contribution in [3.05, 3.63) is 64.8 Å². The van der Waals surface area contributed by atoms with Crippen LogP contribution < -0.4 is 10.1 Å². The fourth-order valence-electron chi connectivity index (χ4n) is 5.42. The van der Waals surface area contributed by atoms with Crippen molar-refractivity contribution < 1.29 is 19.1 Å². The zero-order valence-corrected chi connectivity index (χ0v) is 25.7. The van der Waals surface area contributed by atoms with Gasteiger partial charge in [0.05, 0.1) is 19.0 Å². The summed E-state index contributed by atoms with van der Waals surface area (Å²) in [6.07, 6.45) is 6.81. The minimum Gasteiger partial charge on any atom is -0.497 e. The van der Waals surface area contributed by atoms with Gasteiger partial charge < -0.3 is 15.0 Å². The maximum absolute atomic E-state index is 13.8. The molecule has 3 aromatic rings. The zero-order chi connectivity index (χ0) is 29.9. The Kier molecular flexibility index (Phi) is 12.0. The molecule has 1 unspecified atom stereocenters. The topological polar surface area (TPSA) is 80.6 Å². The molecule has 0 aliphatic rings. The van der Waals surface area contributed by atoms with Crippen LogP contribution in [0.4, 0.5) is 0 Å². The SMILES string of the molecule is CCCCCC(NC(=O)Cc1c(C)n(C(=O)c2ccc(CCCC)cc2)c2ccc(OC)cc12)C(=O)N(CC)CC.